The van der Waals surface area contributed by atoms with Gasteiger partial charge in [-0.2, -0.15) is 0 Å². The highest BCUT2D eigenvalue weighted by Gasteiger charge is 2.21. The van der Waals surface area contributed by atoms with Gasteiger partial charge in [0.05, 0.1) is 6.61 Å². The number of esters is 1. The van der Waals surface area contributed by atoms with Crippen molar-refractivity contribution in [1.82, 2.24) is 4.90 Å². The minimum Gasteiger partial charge on any atom is -0.494 e. The van der Waals surface area contributed by atoms with Gasteiger partial charge in [-0.05, 0) is 87.5 Å². The van der Waals surface area contributed by atoms with Crippen LogP contribution < -0.4 is 10.1 Å². The van der Waals surface area contributed by atoms with Crippen LogP contribution in [0.25, 0.3) is 0 Å². The number of hydrogen-bond acceptors (Lipinski definition) is 5. The molecule has 1 atom stereocenters. The van der Waals surface area contributed by atoms with Crippen LogP contribution in [0.3, 0.4) is 0 Å². The van der Waals surface area contributed by atoms with Crippen LogP contribution in [0.15, 0.2) is 18.2 Å². The predicted octanol–water partition coefficient (Wildman–Crippen LogP) is 6.43. The van der Waals surface area contributed by atoms with E-state index in [0.717, 1.165) is 75.0 Å². The second kappa shape index (κ2) is 16.4. The zero-order valence-electron chi connectivity index (χ0n) is 23.6. The van der Waals surface area contributed by atoms with Gasteiger partial charge in [-0.25, -0.2) is 0 Å². The number of carbonyl (C=O) groups excluding carboxylic acids is 3. The van der Waals surface area contributed by atoms with E-state index in [2.05, 4.69) is 17.1 Å². The van der Waals surface area contributed by atoms with Gasteiger partial charge in [0.25, 0.3) is 0 Å². The van der Waals surface area contributed by atoms with Crippen LogP contribution in [0.2, 0.25) is 0 Å². The second-order valence-electron chi connectivity index (χ2n) is 10.9. The van der Waals surface area contributed by atoms with Crippen LogP contribution in [0.5, 0.6) is 5.75 Å². The number of carbonyl (C=O) groups is 3. The van der Waals surface area contributed by atoms with Crippen LogP contribution in [-0.4, -0.2) is 48.5 Å². The van der Waals surface area contributed by atoms with Crippen LogP contribution in [0, 0.1) is 5.92 Å². The summed E-state index contributed by atoms with van der Waals surface area (Å²) in [7, 11) is 0. The van der Waals surface area contributed by atoms with Crippen molar-refractivity contribution in [1.29, 1.82) is 0 Å². The van der Waals surface area contributed by atoms with Gasteiger partial charge in [-0.15, -0.1) is 0 Å². The average molecular weight is 529 g/mol. The molecule has 1 aliphatic heterocycles. The van der Waals surface area contributed by atoms with E-state index in [4.69, 9.17) is 9.47 Å². The highest BCUT2D eigenvalue weighted by Crippen LogP contribution is 2.27. The zero-order valence-corrected chi connectivity index (χ0v) is 23.6. The van der Waals surface area contributed by atoms with Gasteiger partial charge in [0.15, 0.2) is 0 Å². The van der Waals surface area contributed by atoms with E-state index >= 15 is 0 Å². The standard InChI is InChI=1S/C31H48N2O5/c1-3-26(38-31(36)4-2)14-8-10-20-33(23-24-12-6-5-7-13-24)30(35)15-9-11-21-37-27-17-18-28-25(22-27)16-19-29(34)32-28/h17-18,22,24,26H,3-16,19-21,23H2,1-2H3,(H,32,34). The fourth-order valence-corrected chi connectivity index (χ4v) is 5.47. The molecule has 3 rings (SSSR count). The van der Waals surface area contributed by atoms with E-state index in [-0.39, 0.29) is 23.9 Å². The van der Waals surface area contributed by atoms with Crippen molar-refractivity contribution >= 4 is 23.5 Å². The molecule has 2 aliphatic rings. The molecule has 1 heterocycles. The number of nitrogens with one attached hydrogen (secondary N) is 1. The summed E-state index contributed by atoms with van der Waals surface area (Å²) in [6, 6.07) is 5.82. The molecular weight excluding hydrogens is 480 g/mol. The number of benzene rings is 1. The third kappa shape index (κ3) is 10.3. The first kappa shape index (κ1) is 30.0. The van der Waals surface area contributed by atoms with Crippen molar-refractivity contribution in [3.05, 3.63) is 23.8 Å². The van der Waals surface area contributed by atoms with Gasteiger partial charge in [-0.3, -0.25) is 14.4 Å². The molecule has 1 saturated carbocycles. The summed E-state index contributed by atoms with van der Waals surface area (Å²) < 4.78 is 11.5. The number of aryl methyl sites for hydroxylation is 1. The Morgan fingerprint density at radius 1 is 1.05 bits per heavy atom. The Kier molecular flexibility index (Phi) is 12.9. The molecule has 0 bridgehead atoms. The molecule has 7 heteroatoms. The number of anilines is 1. The lowest BCUT2D eigenvalue weighted by atomic mass is 9.89. The summed E-state index contributed by atoms with van der Waals surface area (Å²) in [4.78, 5) is 38.5. The van der Waals surface area contributed by atoms with E-state index in [1.54, 1.807) is 0 Å². The fraction of sp³-hybridized carbons (Fsp3) is 0.710. The largest absolute Gasteiger partial charge is 0.494 e. The van der Waals surface area contributed by atoms with Crippen LogP contribution in [0.1, 0.15) is 109 Å². The number of ether oxygens (including phenoxy) is 2. The Hall–Kier alpha value is -2.57. The van der Waals surface area contributed by atoms with Gasteiger partial charge in [0, 0.05) is 38.0 Å². The number of nitrogens with zero attached hydrogens (tertiary/aromatic N) is 1. The maximum Gasteiger partial charge on any atom is 0.305 e. The highest BCUT2D eigenvalue weighted by molar-refractivity contribution is 5.94. The maximum atomic E-state index is 13.2. The maximum absolute atomic E-state index is 13.2. The number of fused-ring (bicyclic) bond motifs is 1. The quantitative estimate of drug-likeness (QED) is 0.197. The first-order chi connectivity index (χ1) is 18.5. The molecule has 0 aromatic heterocycles. The van der Waals surface area contributed by atoms with E-state index in [9.17, 15) is 14.4 Å². The molecule has 0 radical (unpaired) electrons. The Morgan fingerprint density at radius 2 is 1.87 bits per heavy atom. The molecule has 7 nitrogen and oxygen atoms in total. The third-order valence-corrected chi connectivity index (χ3v) is 7.83. The minimum absolute atomic E-state index is 0.0150. The van der Waals surface area contributed by atoms with Gasteiger partial charge < -0.3 is 19.7 Å². The first-order valence-electron chi connectivity index (χ1n) is 15.0. The molecule has 1 aromatic carbocycles. The summed E-state index contributed by atoms with van der Waals surface area (Å²) in [6.07, 6.45) is 13.8. The molecule has 2 amide bonds. The van der Waals surface area contributed by atoms with Crippen LogP contribution >= 0.6 is 0 Å². The number of unbranched alkanes of at least 4 members (excludes halogenated alkanes) is 2. The fourth-order valence-electron chi connectivity index (χ4n) is 5.47. The topological polar surface area (TPSA) is 84.9 Å². The number of rotatable bonds is 16. The molecule has 1 aromatic rings. The van der Waals surface area contributed by atoms with Crippen molar-refractivity contribution < 1.29 is 23.9 Å². The molecular formula is C31H48N2O5. The van der Waals surface area contributed by atoms with Gasteiger partial charge in [0.1, 0.15) is 11.9 Å². The Labute approximate surface area is 229 Å². The molecule has 38 heavy (non-hydrogen) atoms. The lowest BCUT2D eigenvalue weighted by Crippen LogP contribution is -2.36. The molecule has 1 N–H and O–H groups in total. The smallest absolute Gasteiger partial charge is 0.305 e. The molecule has 0 saturated heterocycles. The molecule has 1 unspecified atom stereocenters. The highest BCUT2D eigenvalue weighted by atomic mass is 16.5. The predicted molar refractivity (Wildman–Crippen MR) is 150 cm³/mol. The molecule has 0 spiro atoms. The second-order valence-corrected chi connectivity index (χ2v) is 10.9. The zero-order chi connectivity index (χ0) is 27.2. The van der Waals surface area contributed by atoms with Crippen molar-refractivity contribution in [2.45, 2.75) is 116 Å². The monoisotopic (exact) mass is 528 g/mol. The van der Waals surface area contributed by atoms with Crippen LogP contribution in [-0.2, 0) is 25.5 Å². The van der Waals surface area contributed by atoms with Crippen molar-refractivity contribution in [2.75, 3.05) is 25.0 Å². The Balaban J connectivity index is 1.39. The Morgan fingerprint density at radius 3 is 2.63 bits per heavy atom. The molecule has 212 valence electrons. The SMILES string of the molecule is CCC(=O)OC(CC)CCCCN(CC1CCCCC1)C(=O)CCCCOc1ccc2c(c1)CCC(=O)N2. The summed E-state index contributed by atoms with van der Waals surface area (Å²) in [5, 5.41) is 2.90. The van der Waals surface area contributed by atoms with Gasteiger partial charge >= 0.3 is 5.97 Å². The minimum atomic E-state index is -0.130. The lowest BCUT2D eigenvalue weighted by molar-refractivity contribution is -0.149. The van der Waals surface area contributed by atoms with E-state index in [1.807, 2.05) is 25.1 Å². The number of hydrogen-bond donors (Lipinski definition) is 1. The third-order valence-electron chi connectivity index (χ3n) is 7.83. The van der Waals surface area contributed by atoms with Gasteiger partial charge in [0.2, 0.25) is 11.8 Å². The van der Waals surface area contributed by atoms with Crippen LogP contribution in [0.4, 0.5) is 5.69 Å². The average Bonchev–Trinajstić information content (AvgIpc) is 2.94. The Bertz CT molecular complexity index is 896. The van der Waals surface area contributed by atoms with Gasteiger partial charge in [-0.1, -0.05) is 33.1 Å². The summed E-state index contributed by atoms with van der Waals surface area (Å²) >= 11 is 0. The van der Waals surface area contributed by atoms with Crippen molar-refractivity contribution in [3.63, 3.8) is 0 Å². The van der Waals surface area contributed by atoms with Crippen molar-refractivity contribution in [3.8, 4) is 5.75 Å². The molecule has 1 aliphatic carbocycles. The van der Waals surface area contributed by atoms with E-state index in [1.165, 1.54) is 32.1 Å². The van der Waals surface area contributed by atoms with E-state index in [0.29, 0.717) is 31.8 Å². The normalized spacial score (nSPS) is 16.3. The summed E-state index contributed by atoms with van der Waals surface area (Å²) in [5.41, 5.74) is 1.99. The number of amides is 2. The summed E-state index contributed by atoms with van der Waals surface area (Å²) in [6.45, 7) is 6.13. The van der Waals surface area contributed by atoms with Crippen molar-refractivity contribution in [2.24, 2.45) is 5.92 Å². The summed E-state index contributed by atoms with van der Waals surface area (Å²) in [5.74, 6) is 1.63. The molecule has 1 fully saturated rings. The first-order valence-corrected chi connectivity index (χ1v) is 15.0. The lowest BCUT2D eigenvalue weighted by Gasteiger charge is -2.30. The van der Waals surface area contributed by atoms with E-state index < -0.39 is 0 Å².